The van der Waals surface area contributed by atoms with Gasteiger partial charge in [0.1, 0.15) is 11.2 Å². The number of carbonyl (C=O) groups is 2. The summed E-state index contributed by atoms with van der Waals surface area (Å²) in [6.07, 6.45) is 0.131. The molecule has 0 atom stereocenters. The zero-order valence-electron chi connectivity index (χ0n) is 13.5. The first-order chi connectivity index (χ1) is 10.4. The molecule has 1 amide bonds. The van der Waals surface area contributed by atoms with Gasteiger partial charge in [0, 0.05) is 5.69 Å². The van der Waals surface area contributed by atoms with Crippen LogP contribution in [0.25, 0.3) is 0 Å². The number of benzene rings is 1. The second kappa shape index (κ2) is 6.86. The van der Waals surface area contributed by atoms with Gasteiger partial charge in [-0.2, -0.15) is 8.42 Å². The van der Waals surface area contributed by atoms with Crippen LogP contribution in [0.5, 0.6) is 5.75 Å². The third-order valence-corrected chi connectivity index (χ3v) is 2.75. The molecule has 0 bridgehead atoms. The summed E-state index contributed by atoms with van der Waals surface area (Å²) >= 11 is 0. The third kappa shape index (κ3) is 6.55. The third-order valence-electron chi connectivity index (χ3n) is 2.27. The molecule has 1 N–H and O–H groups in total. The highest BCUT2D eigenvalue weighted by molar-refractivity contribution is 7.86. The summed E-state index contributed by atoms with van der Waals surface area (Å²) < 4.78 is 36.8. The van der Waals surface area contributed by atoms with E-state index in [-0.39, 0.29) is 17.0 Å². The van der Waals surface area contributed by atoms with E-state index in [0.29, 0.717) is 0 Å². The topological polar surface area (TPSA) is 108 Å². The van der Waals surface area contributed by atoms with Crippen molar-refractivity contribution in [2.45, 2.75) is 26.4 Å². The molecule has 1 aromatic rings. The van der Waals surface area contributed by atoms with Crippen molar-refractivity contribution < 1.29 is 31.7 Å². The lowest BCUT2D eigenvalue weighted by Gasteiger charge is -2.20. The van der Waals surface area contributed by atoms with Crippen LogP contribution in [-0.4, -0.2) is 39.4 Å². The Morgan fingerprint density at radius 3 is 2.26 bits per heavy atom. The highest BCUT2D eigenvalue weighted by Gasteiger charge is 2.20. The second-order valence-electron chi connectivity index (χ2n) is 5.62. The fourth-order valence-electron chi connectivity index (χ4n) is 1.53. The lowest BCUT2D eigenvalue weighted by molar-refractivity contribution is 0.0594. The summed E-state index contributed by atoms with van der Waals surface area (Å²) in [6, 6.07) is 3.84. The van der Waals surface area contributed by atoms with Crippen molar-refractivity contribution in [1.82, 2.24) is 0 Å². The number of anilines is 1. The van der Waals surface area contributed by atoms with Crippen LogP contribution < -0.4 is 9.50 Å². The molecule has 8 nitrogen and oxygen atoms in total. The van der Waals surface area contributed by atoms with Crippen molar-refractivity contribution in [2.75, 3.05) is 18.7 Å². The fraction of sp³-hybridized carbons (Fsp3) is 0.429. The Morgan fingerprint density at radius 1 is 1.17 bits per heavy atom. The number of nitrogens with one attached hydrogen (secondary N) is 1. The molecule has 0 radical (unpaired) electrons. The van der Waals surface area contributed by atoms with Crippen molar-refractivity contribution >= 4 is 27.9 Å². The van der Waals surface area contributed by atoms with E-state index in [0.717, 1.165) is 13.4 Å². The molecule has 0 unspecified atom stereocenters. The van der Waals surface area contributed by atoms with Crippen molar-refractivity contribution in [3.05, 3.63) is 23.8 Å². The van der Waals surface area contributed by atoms with E-state index in [1.54, 1.807) is 20.8 Å². The molecule has 0 saturated carbocycles. The molecular formula is C14H19NO7S. The average Bonchev–Trinajstić information content (AvgIpc) is 2.35. The van der Waals surface area contributed by atoms with Crippen molar-refractivity contribution in [3.8, 4) is 5.75 Å². The van der Waals surface area contributed by atoms with E-state index in [9.17, 15) is 18.0 Å². The quantitative estimate of drug-likeness (QED) is 0.658. The van der Waals surface area contributed by atoms with Crippen LogP contribution in [0.4, 0.5) is 10.5 Å². The van der Waals surface area contributed by atoms with Crippen molar-refractivity contribution in [1.29, 1.82) is 0 Å². The summed E-state index contributed by atoms with van der Waals surface area (Å²) in [5.41, 5.74) is -0.610. The Labute approximate surface area is 134 Å². The molecule has 0 saturated heterocycles. The number of rotatable bonds is 4. The van der Waals surface area contributed by atoms with E-state index in [4.69, 9.17) is 8.92 Å². The maximum Gasteiger partial charge on any atom is 0.412 e. The minimum absolute atomic E-state index is 0.147. The van der Waals surface area contributed by atoms with Gasteiger partial charge in [-0.15, -0.1) is 0 Å². The summed E-state index contributed by atoms with van der Waals surface area (Å²) in [5, 5.41) is 2.43. The normalized spacial score (nSPS) is 11.5. The van der Waals surface area contributed by atoms with Crippen molar-refractivity contribution in [3.63, 3.8) is 0 Å². The molecule has 1 rings (SSSR count). The molecule has 0 aromatic heterocycles. The van der Waals surface area contributed by atoms with E-state index in [2.05, 4.69) is 10.1 Å². The van der Waals surface area contributed by atoms with Gasteiger partial charge in [-0.25, -0.2) is 9.59 Å². The van der Waals surface area contributed by atoms with Crippen LogP contribution in [-0.2, 0) is 19.6 Å². The monoisotopic (exact) mass is 345 g/mol. The van der Waals surface area contributed by atoms with Crippen LogP contribution in [0, 0.1) is 0 Å². The summed E-state index contributed by atoms with van der Waals surface area (Å²) in [6.45, 7) is 5.11. The number of carbonyl (C=O) groups excluding carboxylic acids is 2. The summed E-state index contributed by atoms with van der Waals surface area (Å²) in [5.74, 6) is -1.01. The van der Waals surface area contributed by atoms with Gasteiger partial charge in [-0.05, 0) is 39.0 Å². The molecule has 1 aromatic carbocycles. The zero-order valence-corrected chi connectivity index (χ0v) is 14.3. The van der Waals surface area contributed by atoms with Gasteiger partial charge in [0.25, 0.3) is 0 Å². The van der Waals surface area contributed by atoms with Crippen LogP contribution in [0.1, 0.15) is 31.1 Å². The Kier molecular flexibility index (Phi) is 5.60. The van der Waals surface area contributed by atoms with Crippen molar-refractivity contribution in [2.24, 2.45) is 0 Å². The van der Waals surface area contributed by atoms with Crippen LogP contribution in [0.2, 0.25) is 0 Å². The van der Waals surface area contributed by atoms with Gasteiger partial charge in [-0.1, -0.05) is 0 Å². The molecule has 0 spiro atoms. The van der Waals surface area contributed by atoms with Crippen LogP contribution in [0.3, 0.4) is 0 Å². The minimum Gasteiger partial charge on any atom is -0.465 e. The predicted octanol–water partition coefficient (Wildman–Crippen LogP) is 2.16. The largest absolute Gasteiger partial charge is 0.465 e. The van der Waals surface area contributed by atoms with E-state index in [1.807, 2.05) is 0 Å². The highest BCUT2D eigenvalue weighted by atomic mass is 32.2. The molecule has 128 valence electrons. The van der Waals surface area contributed by atoms with Gasteiger partial charge >= 0.3 is 22.2 Å². The molecule has 0 aliphatic rings. The minimum atomic E-state index is -3.82. The second-order valence-corrected chi connectivity index (χ2v) is 7.19. The number of amides is 1. The number of hydrogen-bond acceptors (Lipinski definition) is 7. The van der Waals surface area contributed by atoms with Crippen LogP contribution in [0.15, 0.2) is 18.2 Å². The predicted molar refractivity (Wildman–Crippen MR) is 83.1 cm³/mol. The van der Waals surface area contributed by atoms with E-state index < -0.39 is 27.8 Å². The first-order valence-electron chi connectivity index (χ1n) is 6.53. The maximum atomic E-state index is 11.7. The first kappa shape index (κ1) is 18.8. The molecule has 0 fully saturated rings. The lowest BCUT2D eigenvalue weighted by atomic mass is 10.2. The van der Waals surface area contributed by atoms with Gasteiger partial charge in [0.05, 0.1) is 13.4 Å². The molecule has 9 heteroatoms. The SMILES string of the molecule is COC(=O)c1cc(NC(=O)OC(C)(C)C)ccc1OS(C)(=O)=O. The standard InChI is InChI=1S/C14H19NO7S/c1-14(2,3)21-13(17)15-9-6-7-11(22-23(5,18)19)10(8-9)12(16)20-4/h6-8H,1-5H3,(H,15,17). The zero-order chi connectivity index (χ0) is 17.8. The summed E-state index contributed by atoms with van der Waals surface area (Å²) in [4.78, 5) is 23.5. The highest BCUT2D eigenvalue weighted by Crippen LogP contribution is 2.25. The Morgan fingerprint density at radius 2 is 1.78 bits per heavy atom. The molecule has 0 heterocycles. The molecular weight excluding hydrogens is 326 g/mol. The number of ether oxygens (including phenoxy) is 2. The molecule has 0 aliphatic carbocycles. The van der Waals surface area contributed by atoms with Gasteiger partial charge in [-0.3, -0.25) is 5.32 Å². The number of hydrogen-bond donors (Lipinski definition) is 1. The van der Waals surface area contributed by atoms with Gasteiger partial charge in [0.2, 0.25) is 0 Å². The fourth-order valence-corrected chi connectivity index (χ4v) is 2.01. The Balaban J connectivity index is 3.09. The van der Waals surface area contributed by atoms with Gasteiger partial charge in [0.15, 0.2) is 5.75 Å². The lowest BCUT2D eigenvalue weighted by Crippen LogP contribution is -2.27. The summed E-state index contributed by atoms with van der Waals surface area (Å²) in [7, 11) is -2.68. The molecule has 0 aliphatic heterocycles. The number of methoxy groups -OCH3 is 1. The maximum absolute atomic E-state index is 11.7. The Bertz CT molecular complexity index is 704. The van der Waals surface area contributed by atoms with E-state index >= 15 is 0 Å². The van der Waals surface area contributed by atoms with Gasteiger partial charge < -0.3 is 13.7 Å². The number of esters is 1. The Hall–Kier alpha value is -2.29. The van der Waals surface area contributed by atoms with Crippen LogP contribution >= 0.6 is 0 Å². The van der Waals surface area contributed by atoms with E-state index in [1.165, 1.54) is 18.2 Å². The average molecular weight is 345 g/mol. The smallest absolute Gasteiger partial charge is 0.412 e. The first-order valence-corrected chi connectivity index (χ1v) is 8.35. The molecule has 23 heavy (non-hydrogen) atoms.